The van der Waals surface area contributed by atoms with Crippen molar-refractivity contribution in [2.24, 2.45) is 0 Å². The van der Waals surface area contributed by atoms with Gasteiger partial charge >= 0.3 is 0 Å². The summed E-state index contributed by atoms with van der Waals surface area (Å²) in [5.74, 6) is 0.893. The van der Waals surface area contributed by atoms with Crippen molar-refractivity contribution in [3.05, 3.63) is 63.8 Å². The largest absolute Gasteiger partial charge is 0.496 e. The number of thiophene rings is 1. The Morgan fingerprint density at radius 2 is 1.86 bits per heavy atom. The van der Waals surface area contributed by atoms with Gasteiger partial charge in [0.25, 0.3) is 0 Å². The number of hydrogen-bond acceptors (Lipinski definition) is 3. The van der Waals surface area contributed by atoms with E-state index in [1.54, 1.807) is 7.11 Å². The van der Waals surface area contributed by atoms with Crippen LogP contribution in [0.25, 0.3) is 10.8 Å². The van der Waals surface area contributed by atoms with Gasteiger partial charge in [-0.3, -0.25) is 4.79 Å². The van der Waals surface area contributed by atoms with Gasteiger partial charge in [-0.25, -0.2) is 0 Å². The first-order valence-electron chi connectivity index (χ1n) is 6.93. The van der Waals surface area contributed by atoms with E-state index in [4.69, 9.17) is 4.74 Å². The van der Waals surface area contributed by atoms with Gasteiger partial charge in [0, 0.05) is 10.9 Å². The quantitative estimate of drug-likeness (QED) is 0.652. The Balaban J connectivity index is 2.19. The van der Waals surface area contributed by atoms with E-state index in [-0.39, 0.29) is 5.78 Å². The average molecular weight is 296 g/mol. The maximum atomic E-state index is 12.9. The van der Waals surface area contributed by atoms with E-state index in [1.807, 2.05) is 47.8 Å². The molecule has 3 rings (SSSR count). The molecule has 0 unspecified atom stereocenters. The van der Waals surface area contributed by atoms with Crippen LogP contribution in [0.3, 0.4) is 0 Å². The standard InChI is InChI=1S/C18H16O2S/c1-3-12-10-11-21-18(12)17(19)15-8-9-16(20-2)14-7-5-4-6-13(14)15/h4-11H,3H2,1-2H3. The Kier molecular flexibility index (Phi) is 3.76. The Labute approximate surface area is 128 Å². The van der Waals surface area contributed by atoms with Gasteiger partial charge in [-0.05, 0) is 40.9 Å². The maximum Gasteiger partial charge on any atom is 0.203 e. The zero-order valence-corrected chi connectivity index (χ0v) is 12.9. The van der Waals surface area contributed by atoms with Gasteiger partial charge in [0.1, 0.15) is 5.75 Å². The molecular formula is C18H16O2S. The van der Waals surface area contributed by atoms with Crippen LogP contribution in [0.15, 0.2) is 47.8 Å². The Hall–Kier alpha value is -2.13. The molecule has 1 heterocycles. The lowest BCUT2D eigenvalue weighted by atomic mass is 9.98. The number of hydrogen-bond donors (Lipinski definition) is 0. The number of benzene rings is 2. The molecule has 3 aromatic rings. The highest BCUT2D eigenvalue weighted by Gasteiger charge is 2.18. The number of ketones is 1. The number of carbonyl (C=O) groups is 1. The van der Waals surface area contributed by atoms with E-state index in [9.17, 15) is 4.79 Å². The molecule has 21 heavy (non-hydrogen) atoms. The van der Waals surface area contributed by atoms with E-state index >= 15 is 0 Å². The number of rotatable bonds is 4. The normalized spacial score (nSPS) is 10.8. The summed E-state index contributed by atoms with van der Waals surface area (Å²) >= 11 is 1.51. The van der Waals surface area contributed by atoms with Crippen molar-refractivity contribution >= 4 is 27.9 Å². The van der Waals surface area contributed by atoms with Crippen molar-refractivity contribution in [3.8, 4) is 5.75 Å². The smallest absolute Gasteiger partial charge is 0.203 e. The van der Waals surface area contributed by atoms with Crippen molar-refractivity contribution in [3.63, 3.8) is 0 Å². The van der Waals surface area contributed by atoms with Crippen LogP contribution in [0.5, 0.6) is 5.75 Å². The molecule has 0 N–H and O–H groups in total. The summed E-state index contributed by atoms with van der Waals surface area (Å²) < 4.78 is 5.39. The van der Waals surface area contributed by atoms with Crippen molar-refractivity contribution < 1.29 is 9.53 Å². The van der Waals surface area contributed by atoms with Gasteiger partial charge in [0.2, 0.25) is 5.78 Å². The molecule has 0 spiro atoms. The lowest BCUT2D eigenvalue weighted by Gasteiger charge is -2.10. The number of fused-ring (bicyclic) bond motifs is 1. The number of ether oxygens (including phenoxy) is 1. The Morgan fingerprint density at radius 3 is 2.57 bits per heavy atom. The van der Waals surface area contributed by atoms with Crippen molar-refractivity contribution in [1.82, 2.24) is 0 Å². The molecule has 0 aliphatic carbocycles. The van der Waals surface area contributed by atoms with Gasteiger partial charge < -0.3 is 4.74 Å². The van der Waals surface area contributed by atoms with Gasteiger partial charge in [-0.15, -0.1) is 11.3 Å². The summed E-state index contributed by atoms with van der Waals surface area (Å²) in [5.41, 5.74) is 1.86. The summed E-state index contributed by atoms with van der Waals surface area (Å²) in [6.07, 6.45) is 0.874. The molecule has 0 saturated heterocycles. The predicted octanol–water partition coefficient (Wildman–Crippen LogP) is 4.70. The summed E-state index contributed by atoms with van der Waals surface area (Å²) in [5, 5.41) is 3.90. The van der Waals surface area contributed by atoms with Crippen LogP contribution < -0.4 is 4.74 Å². The van der Waals surface area contributed by atoms with Crippen LogP contribution >= 0.6 is 11.3 Å². The molecule has 2 nitrogen and oxygen atoms in total. The molecule has 0 atom stereocenters. The van der Waals surface area contributed by atoms with E-state index in [0.717, 1.165) is 38.9 Å². The molecule has 3 heteroatoms. The van der Waals surface area contributed by atoms with E-state index in [1.165, 1.54) is 11.3 Å². The first kappa shape index (κ1) is 13.8. The van der Waals surface area contributed by atoms with Gasteiger partial charge in [0.15, 0.2) is 0 Å². The van der Waals surface area contributed by atoms with Crippen molar-refractivity contribution in [2.75, 3.05) is 7.11 Å². The summed E-state index contributed by atoms with van der Waals surface area (Å²) in [6, 6.07) is 13.6. The fourth-order valence-corrected chi connectivity index (χ4v) is 3.53. The minimum absolute atomic E-state index is 0.0979. The highest BCUT2D eigenvalue weighted by molar-refractivity contribution is 7.12. The number of methoxy groups -OCH3 is 1. The molecule has 0 amide bonds. The average Bonchev–Trinajstić information content (AvgIpc) is 3.01. The third-order valence-electron chi connectivity index (χ3n) is 3.68. The minimum atomic E-state index is 0.0979. The molecular weight excluding hydrogens is 280 g/mol. The van der Waals surface area contributed by atoms with Crippen LogP contribution in [0, 0.1) is 0 Å². The van der Waals surface area contributed by atoms with Gasteiger partial charge in [0.05, 0.1) is 12.0 Å². The molecule has 0 saturated carbocycles. The zero-order valence-electron chi connectivity index (χ0n) is 12.1. The third kappa shape index (κ3) is 2.34. The van der Waals surface area contributed by atoms with Crippen LogP contribution in [-0.4, -0.2) is 12.9 Å². The number of aryl methyl sites for hydroxylation is 1. The summed E-state index contributed by atoms with van der Waals surface area (Å²) in [4.78, 5) is 13.7. The zero-order chi connectivity index (χ0) is 14.8. The van der Waals surface area contributed by atoms with E-state index in [0.29, 0.717) is 0 Å². The fraction of sp³-hybridized carbons (Fsp3) is 0.167. The fourth-order valence-electron chi connectivity index (χ4n) is 2.58. The third-order valence-corrected chi connectivity index (χ3v) is 4.64. The van der Waals surface area contributed by atoms with Crippen LogP contribution in [0.1, 0.15) is 27.7 Å². The highest BCUT2D eigenvalue weighted by Crippen LogP contribution is 2.31. The second-order valence-electron chi connectivity index (χ2n) is 4.82. The SMILES string of the molecule is CCc1ccsc1C(=O)c1ccc(OC)c2ccccc12. The molecule has 1 aromatic heterocycles. The van der Waals surface area contributed by atoms with Crippen LogP contribution in [0.2, 0.25) is 0 Å². The highest BCUT2D eigenvalue weighted by atomic mass is 32.1. The van der Waals surface area contributed by atoms with Crippen LogP contribution in [0.4, 0.5) is 0 Å². The topological polar surface area (TPSA) is 26.3 Å². The van der Waals surface area contributed by atoms with E-state index in [2.05, 4.69) is 6.92 Å². The molecule has 0 bridgehead atoms. The van der Waals surface area contributed by atoms with Crippen molar-refractivity contribution in [2.45, 2.75) is 13.3 Å². The molecule has 0 aliphatic heterocycles. The predicted molar refractivity (Wildman–Crippen MR) is 87.6 cm³/mol. The molecule has 106 valence electrons. The second kappa shape index (κ2) is 5.70. The summed E-state index contributed by atoms with van der Waals surface area (Å²) in [6.45, 7) is 2.07. The number of carbonyl (C=O) groups excluding carboxylic acids is 1. The van der Waals surface area contributed by atoms with Gasteiger partial charge in [-0.1, -0.05) is 31.2 Å². The second-order valence-corrected chi connectivity index (χ2v) is 5.73. The molecule has 2 aromatic carbocycles. The van der Waals surface area contributed by atoms with Crippen molar-refractivity contribution in [1.29, 1.82) is 0 Å². The van der Waals surface area contributed by atoms with Gasteiger partial charge in [-0.2, -0.15) is 0 Å². The monoisotopic (exact) mass is 296 g/mol. The maximum absolute atomic E-state index is 12.9. The summed E-state index contributed by atoms with van der Waals surface area (Å²) in [7, 11) is 1.65. The first-order chi connectivity index (χ1) is 10.3. The lowest BCUT2D eigenvalue weighted by molar-refractivity contribution is 0.104. The Bertz CT molecular complexity index is 802. The lowest BCUT2D eigenvalue weighted by Crippen LogP contribution is -2.03. The first-order valence-corrected chi connectivity index (χ1v) is 7.81. The molecule has 0 fully saturated rings. The molecule has 0 radical (unpaired) electrons. The molecule has 0 aliphatic rings. The van der Waals surface area contributed by atoms with E-state index < -0.39 is 0 Å². The minimum Gasteiger partial charge on any atom is -0.496 e. The Morgan fingerprint density at radius 1 is 1.10 bits per heavy atom. The van der Waals surface area contributed by atoms with Crippen LogP contribution in [-0.2, 0) is 6.42 Å².